The lowest BCUT2D eigenvalue weighted by Crippen LogP contribution is -2.29. The van der Waals surface area contributed by atoms with Crippen molar-refractivity contribution in [3.8, 4) is 6.07 Å². The SMILES string of the molecule is CNC(C)CNc1c(F)cc(C#N)cc1F. The first-order valence-electron chi connectivity index (χ1n) is 4.88. The first kappa shape index (κ1) is 12.4. The van der Waals surface area contributed by atoms with Gasteiger partial charge in [0.1, 0.15) is 5.69 Å². The summed E-state index contributed by atoms with van der Waals surface area (Å²) in [6.07, 6.45) is 0. The van der Waals surface area contributed by atoms with E-state index in [4.69, 9.17) is 5.26 Å². The zero-order valence-corrected chi connectivity index (χ0v) is 9.14. The summed E-state index contributed by atoms with van der Waals surface area (Å²) in [5, 5.41) is 14.1. The van der Waals surface area contributed by atoms with Crippen molar-refractivity contribution in [3.05, 3.63) is 29.3 Å². The Morgan fingerprint density at radius 2 is 1.94 bits per heavy atom. The lowest BCUT2D eigenvalue weighted by Gasteiger charge is -2.13. The fraction of sp³-hybridized carbons (Fsp3) is 0.364. The summed E-state index contributed by atoms with van der Waals surface area (Å²) < 4.78 is 26.8. The summed E-state index contributed by atoms with van der Waals surface area (Å²) in [7, 11) is 1.76. The number of nitriles is 1. The molecule has 0 saturated carbocycles. The number of hydrogen-bond acceptors (Lipinski definition) is 3. The van der Waals surface area contributed by atoms with Crippen LogP contribution in [-0.2, 0) is 0 Å². The van der Waals surface area contributed by atoms with E-state index in [2.05, 4.69) is 10.6 Å². The van der Waals surface area contributed by atoms with Crippen LogP contribution in [0.25, 0.3) is 0 Å². The Morgan fingerprint density at radius 1 is 1.38 bits per heavy atom. The molecule has 0 radical (unpaired) electrons. The van der Waals surface area contributed by atoms with Crippen molar-refractivity contribution < 1.29 is 8.78 Å². The molecule has 3 nitrogen and oxygen atoms in total. The molecule has 1 aromatic rings. The lowest BCUT2D eigenvalue weighted by molar-refractivity contribution is 0.579. The molecule has 0 amide bonds. The number of halogens is 2. The predicted molar refractivity (Wildman–Crippen MR) is 58.1 cm³/mol. The minimum absolute atomic E-state index is 0.0257. The number of nitrogens with zero attached hydrogens (tertiary/aromatic N) is 1. The minimum atomic E-state index is -0.750. The summed E-state index contributed by atoms with van der Waals surface area (Å²) in [5.74, 6) is -1.50. The fourth-order valence-electron chi connectivity index (χ4n) is 1.16. The molecule has 2 N–H and O–H groups in total. The van der Waals surface area contributed by atoms with Crippen molar-refractivity contribution in [2.75, 3.05) is 18.9 Å². The number of likely N-dealkylation sites (N-methyl/N-ethyl adjacent to an activating group) is 1. The van der Waals surface area contributed by atoms with Gasteiger partial charge in [0.05, 0.1) is 11.6 Å². The van der Waals surface area contributed by atoms with Crippen LogP contribution in [0.1, 0.15) is 12.5 Å². The van der Waals surface area contributed by atoms with Crippen LogP contribution in [0.15, 0.2) is 12.1 Å². The summed E-state index contributed by atoms with van der Waals surface area (Å²) in [6, 6.07) is 3.80. The van der Waals surface area contributed by atoms with Crippen LogP contribution in [0.4, 0.5) is 14.5 Å². The van der Waals surface area contributed by atoms with Crippen LogP contribution in [-0.4, -0.2) is 19.6 Å². The van der Waals surface area contributed by atoms with Crippen molar-refractivity contribution in [3.63, 3.8) is 0 Å². The molecule has 1 rings (SSSR count). The Morgan fingerprint density at radius 3 is 2.38 bits per heavy atom. The fourth-order valence-corrected chi connectivity index (χ4v) is 1.16. The van der Waals surface area contributed by atoms with E-state index in [1.165, 1.54) is 0 Å². The highest BCUT2D eigenvalue weighted by Gasteiger charge is 2.11. The molecule has 0 heterocycles. The quantitative estimate of drug-likeness (QED) is 0.822. The van der Waals surface area contributed by atoms with E-state index < -0.39 is 11.6 Å². The zero-order chi connectivity index (χ0) is 12.1. The van der Waals surface area contributed by atoms with Gasteiger partial charge in [-0.25, -0.2) is 8.78 Å². The molecule has 0 bridgehead atoms. The Balaban J connectivity index is 2.85. The highest BCUT2D eigenvalue weighted by atomic mass is 19.1. The highest BCUT2D eigenvalue weighted by Crippen LogP contribution is 2.20. The van der Waals surface area contributed by atoms with Crippen LogP contribution in [0, 0.1) is 23.0 Å². The van der Waals surface area contributed by atoms with E-state index in [1.807, 2.05) is 6.92 Å². The number of rotatable bonds is 4. The summed E-state index contributed by atoms with van der Waals surface area (Å²) in [5.41, 5.74) is -0.219. The lowest BCUT2D eigenvalue weighted by atomic mass is 10.2. The maximum Gasteiger partial charge on any atom is 0.150 e. The monoisotopic (exact) mass is 225 g/mol. The average molecular weight is 225 g/mol. The Hall–Kier alpha value is -1.67. The van der Waals surface area contributed by atoms with E-state index >= 15 is 0 Å². The molecule has 0 aliphatic rings. The molecule has 1 aromatic carbocycles. The van der Waals surface area contributed by atoms with Gasteiger partial charge in [0.2, 0.25) is 0 Å². The third-order valence-electron chi connectivity index (χ3n) is 2.25. The number of nitrogens with one attached hydrogen (secondary N) is 2. The van der Waals surface area contributed by atoms with E-state index in [-0.39, 0.29) is 17.3 Å². The minimum Gasteiger partial charge on any atom is -0.379 e. The second kappa shape index (κ2) is 5.42. The van der Waals surface area contributed by atoms with Crippen molar-refractivity contribution in [1.29, 1.82) is 5.26 Å². The summed E-state index contributed by atoms with van der Waals surface area (Å²) >= 11 is 0. The molecule has 1 atom stereocenters. The molecule has 16 heavy (non-hydrogen) atoms. The van der Waals surface area contributed by atoms with E-state index in [1.54, 1.807) is 13.1 Å². The van der Waals surface area contributed by atoms with Gasteiger partial charge in [0.25, 0.3) is 0 Å². The van der Waals surface area contributed by atoms with Gasteiger partial charge >= 0.3 is 0 Å². The molecular formula is C11H13F2N3. The predicted octanol–water partition coefficient (Wildman–Crippen LogP) is 1.86. The van der Waals surface area contributed by atoms with Gasteiger partial charge < -0.3 is 10.6 Å². The standard InChI is InChI=1S/C11H13F2N3/c1-7(15-2)6-16-11-9(12)3-8(5-14)4-10(11)13/h3-4,7,15-16H,6H2,1-2H3. The van der Waals surface area contributed by atoms with Gasteiger partial charge in [-0.2, -0.15) is 5.26 Å². The van der Waals surface area contributed by atoms with Crippen molar-refractivity contribution in [2.45, 2.75) is 13.0 Å². The first-order valence-corrected chi connectivity index (χ1v) is 4.88. The Bertz CT molecular complexity index is 389. The Kier molecular flexibility index (Phi) is 4.20. The number of benzene rings is 1. The molecule has 0 fully saturated rings. The largest absolute Gasteiger partial charge is 0.379 e. The van der Waals surface area contributed by atoms with Crippen molar-refractivity contribution in [1.82, 2.24) is 5.32 Å². The number of hydrogen-bond donors (Lipinski definition) is 2. The molecule has 5 heteroatoms. The second-order valence-electron chi connectivity index (χ2n) is 3.50. The maximum absolute atomic E-state index is 13.4. The number of anilines is 1. The zero-order valence-electron chi connectivity index (χ0n) is 9.14. The molecule has 0 aromatic heterocycles. The normalized spacial score (nSPS) is 11.9. The smallest absolute Gasteiger partial charge is 0.150 e. The van der Waals surface area contributed by atoms with Gasteiger partial charge in [-0.15, -0.1) is 0 Å². The first-order chi connectivity index (χ1) is 7.58. The van der Waals surface area contributed by atoms with Crippen molar-refractivity contribution in [2.24, 2.45) is 0 Å². The van der Waals surface area contributed by atoms with Crippen LogP contribution < -0.4 is 10.6 Å². The maximum atomic E-state index is 13.4. The molecule has 0 spiro atoms. The van der Waals surface area contributed by atoms with E-state index in [9.17, 15) is 8.78 Å². The van der Waals surface area contributed by atoms with Crippen LogP contribution in [0.2, 0.25) is 0 Å². The topological polar surface area (TPSA) is 47.8 Å². The van der Waals surface area contributed by atoms with Crippen LogP contribution >= 0.6 is 0 Å². The third kappa shape index (κ3) is 2.91. The Labute approximate surface area is 93.1 Å². The van der Waals surface area contributed by atoms with Crippen molar-refractivity contribution >= 4 is 5.69 Å². The van der Waals surface area contributed by atoms with Crippen LogP contribution in [0.3, 0.4) is 0 Å². The molecule has 0 aliphatic heterocycles. The molecule has 86 valence electrons. The third-order valence-corrected chi connectivity index (χ3v) is 2.25. The van der Waals surface area contributed by atoms with Gasteiger partial charge in [0, 0.05) is 12.6 Å². The highest BCUT2D eigenvalue weighted by molar-refractivity contribution is 5.50. The molecular weight excluding hydrogens is 212 g/mol. The van der Waals surface area contributed by atoms with E-state index in [0.29, 0.717) is 6.54 Å². The second-order valence-corrected chi connectivity index (χ2v) is 3.50. The summed E-state index contributed by atoms with van der Waals surface area (Å²) in [4.78, 5) is 0. The van der Waals surface area contributed by atoms with Gasteiger partial charge in [-0.05, 0) is 26.1 Å². The average Bonchev–Trinajstić information content (AvgIpc) is 2.27. The summed E-state index contributed by atoms with van der Waals surface area (Å²) in [6.45, 7) is 2.28. The van der Waals surface area contributed by atoms with Gasteiger partial charge in [-0.3, -0.25) is 0 Å². The molecule has 0 aliphatic carbocycles. The van der Waals surface area contributed by atoms with Crippen LogP contribution in [0.5, 0.6) is 0 Å². The van der Waals surface area contributed by atoms with Gasteiger partial charge in [0.15, 0.2) is 11.6 Å². The van der Waals surface area contributed by atoms with E-state index in [0.717, 1.165) is 12.1 Å². The van der Waals surface area contributed by atoms with Gasteiger partial charge in [-0.1, -0.05) is 0 Å². The molecule has 1 unspecified atom stereocenters. The molecule has 0 saturated heterocycles.